The van der Waals surface area contributed by atoms with E-state index in [9.17, 15) is 4.79 Å². The van der Waals surface area contributed by atoms with E-state index in [-0.39, 0.29) is 5.91 Å². The van der Waals surface area contributed by atoms with Crippen molar-refractivity contribution < 1.29 is 4.79 Å². The molecule has 0 aromatic heterocycles. The van der Waals surface area contributed by atoms with Gasteiger partial charge in [0.2, 0.25) is 0 Å². The summed E-state index contributed by atoms with van der Waals surface area (Å²) in [6, 6.07) is 6.18. The first-order valence-electron chi connectivity index (χ1n) is 6.41. The van der Waals surface area contributed by atoms with Crippen LogP contribution in [0.2, 0.25) is 0 Å². The number of benzene rings is 1. The first kappa shape index (κ1) is 13.6. The molecule has 0 saturated carbocycles. The standard InChI is InChI=1S/C14H19BrN2O/c1-3-6-17(12-8-16-9-12)14(18)11-5-4-10(2)13(15)7-11/h4-5,7,12,16H,3,6,8-9H2,1-2H3. The molecule has 1 fully saturated rings. The number of carbonyl (C=O) groups is 1. The summed E-state index contributed by atoms with van der Waals surface area (Å²) in [6.45, 7) is 6.80. The van der Waals surface area contributed by atoms with Gasteiger partial charge in [0.25, 0.3) is 5.91 Å². The van der Waals surface area contributed by atoms with E-state index in [1.807, 2.05) is 30.0 Å². The fraction of sp³-hybridized carbons (Fsp3) is 0.500. The zero-order chi connectivity index (χ0) is 13.1. The predicted octanol–water partition coefficient (Wildman–Crippen LogP) is 2.58. The first-order chi connectivity index (χ1) is 8.63. The van der Waals surface area contributed by atoms with Gasteiger partial charge in [0, 0.05) is 29.7 Å². The van der Waals surface area contributed by atoms with E-state index in [4.69, 9.17) is 0 Å². The van der Waals surface area contributed by atoms with Gasteiger partial charge in [-0.15, -0.1) is 0 Å². The molecule has 1 aromatic rings. The van der Waals surface area contributed by atoms with Crippen LogP contribution in [-0.4, -0.2) is 36.5 Å². The summed E-state index contributed by atoms with van der Waals surface area (Å²) >= 11 is 3.49. The number of halogens is 1. The van der Waals surface area contributed by atoms with Crippen molar-refractivity contribution in [2.75, 3.05) is 19.6 Å². The highest BCUT2D eigenvalue weighted by molar-refractivity contribution is 9.10. The maximum absolute atomic E-state index is 12.5. The van der Waals surface area contributed by atoms with Gasteiger partial charge in [-0.1, -0.05) is 28.9 Å². The van der Waals surface area contributed by atoms with Crippen molar-refractivity contribution in [2.45, 2.75) is 26.3 Å². The maximum Gasteiger partial charge on any atom is 0.254 e. The molecule has 1 amide bonds. The van der Waals surface area contributed by atoms with E-state index >= 15 is 0 Å². The Bertz CT molecular complexity index is 443. The molecule has 1 N–H and O–H groups in total. The van der Waals surface area contributed by atoms with Crippen LogP contribution in [0.25, 0.3) is 0 Å². The summed E-state index contributed by atoms with van der Waals surface area (Å²) < 4.78 is 0.997. The van der Waals surface area contributed by atoms with Crippen LogP contribution in [0.4, 0.5) is 0 Å². The second-order valence-electron chi connectivity index (χ2n) is 4.77. The van der Waals surface area contributed by atoms with E-state index in [1.54, 1.807) is 0 Å². The third-order valence-corrected chi connectivity index (χ3v) is 4.20. The minimum absolute atomic E-state index is 0.143. The summed E-state index contributed by atoms with van der Waals surface area (Å²) in [5.74, 6) is 0.143. The molecule has 0 radical (unpaired) electrons. The Morgan fingerprint density at radius 2 is 2.22 bits per heavy atom. The van der Waals surface area contributed by atoms with Crippen LogP contribution < -0.4 is 5.32 Å². The second-order valence-corrected chi connectivity index (χ2v) is 5.63. The normalized spacial score (nSPS) is 15.3. The number of carbonyl (C=O) groups excluding carboxylic acids is 1. The molecule has 98 valence electrons. The summed E-state index contributed by atoms with van der Waals surface area (Å²) in [5, 5.41) is 3.22. The lowest BCUT2D eigenvalue weighted by atomic mass is 10.1. The van der Waals surface area contributed by atoms with Crippen LogP contribution in [-0.2, 0) is 0 Å². The fourth-order valence-corrected chi connectivity index (χ4v) is 2.46. The Hall–Kier alpha value is -0.870. The third kappa shape index (κ3) is 2.75. The molecule has 2 rings (SSSR count). The summed E-state index contributed by atoms with van der Waals surface area (Å²) in [4.78, 5) is 14.5. The molecule has 3 nitrogen and oxygen atoms in total. The Morgan fingerprint density at radius 3 is 2.72 bits per heavy atom. The largest absolute Gasteiger partial charge is 0.333 e. The van der Waals surface area contributed by atoms with Crippen molar-refractivity contribution >= 4 is 21.8 Å². The van der Waals surface area contributed by atoms with Gasteiger partial charge in [-0.05, 0) is 31.0 Å². The van der Waals surface area contributed by atoms with Gasteiger partial charge in [-0.25, -0.2) is 0 Å². The number of hydrogen-bond donors (Lipinski definition) is 1. The van der Waals surface area contributed by atoms with Crippen LogP contribution in [0.5, 0.6) is 0 Å². The van der Waals surface area contributed by atoms with Crippen LogP contribution in [0.15, 0.2) is 22.7 Å². The van der Waals surface area contributed by atoms with Gasteiger partial charge in [-0.2, -0.15) is 0 Å². The number of hydrogen-bond acceptors (Lipinski definition) is 2. The molecule has 1 aliphatic rings. The molecule has 1 aliphatic heterocycles. The van der Waals surface area contributed by atoms with Crippen molar-refractivity contribution in [3.05, 3.63) is 33.8 Å². The predicted molar refractivity (Wildman–Crippen MR) is 76.9 cm³/mol. The van der Waals surface area contributed by atoms with Gasteiger partial charge in [0.1, 0.15) is 0 Å². The number of aryl methyl sites for hydroxylation is 1. The zero-order valence-corrected chi connectivity index (χ0v) is 12.5. The van der Waals surface area contributed by atoms with E-state index < -0.39 is 0 Å². The minimum atomic E-state index is 0.143. The first-order valence-corrected chi connectivity index (χ1v) is 7.20. The zero-order valence-electron chi connectivity index (χ0n) is 10.9. The Kier molecular flexibility index (Phi) is 4.40. The van der Waals surface area contributed by atoms with Gasteiger partial charge in [0.15, 0.2) is 0 Å². The van der Waals surface area contributed by atoms with Crippen molar-refractivity contribution in [1.82, 2.24) is 10.2 Å². The van der Waals surface area contributed by atoms with E-state index in [0.29, 0.717) is 6.04 Å². The van der Waals surface area contributed by atoms with E-state index in [2.05, 4.69) is 28.2 Å². The second kappa shape index (κ2) is 5.85. The van der Waals surface area contributed by atoms with Crippen LogP contribution in [0, 0.1) is 6.92 Å². The highest BCUT2D eigenvalue weighted by Crippen LogP contribution is 2.20. The Labute approximate surface area is 117 Å². The summed E-state index contributed by atoms with van der Waals surface area (Å²) in [5.41, 5.74) is 1.92. The van der Waals surface area contributed by atoms with Gasteiger partial charge < -0.3 is 10.2 Å². The molecule has 0 bridgehead atoms. The van der Waals surface area contributed by atoms with Crippen molar-refractivity contribution in [1.29, 1.82) is 0 Å². The highest BCUT2D eigenvalue weighted by atomic mass is 79.9. The number of nitrogens with one attached hydrogen (secondary N) is 1. The quantitative estimate of drug-likeness (QED) is 0.927. The molecule has 1 heterocycles. The third-order valence-electron chi connectivity index (χ3n) is 3.34. The number of amides is 1. The maximum atomic E-state index is 12.5. The van der Waals surface area contributed by atoms with Gasteiger partial charge in [0.05, 0.1) is 6.04 Å². The number of nitrogens with zero attached hydrogens (tertiary/aromatic N) is 1. The van der Waals surface area contributed by atoms with Crippen molar-refractivity contribution in [2.24, 2.45) is 0 Å². The molecule has 0 spiro atoms. The lowest BCUT2D eigenvalue weighted by Gasteiger charge is -2.38. The molecule has 0 atom stereocenters. The molecule has 18 heavy (non-hydrogen) atoms. The fourth-order valence-electron chi connectivity index (χ4n) is 2.08. The topological polar surface area (TPSA) is 32.3 Å². The number of rotatable bonds is 4. The Morgan fingerprint density at radius 1 is 1.50 bits per heavy atom. The van der Waals surface area contributed by atoms with Gasteiger partial charge >= 0.3 is 0 Å². The molecular formula is C14H19BrN2O. The van der Waals surface area contributed by atoms with Crippen LogP contribution >= 0.6 is 15.9 Å². The summed E-state index contributed by atoms with van der Waals surface area (Å²) in [6.07, 6.45) is 0.995. The summed E-state index contributed by atoms with van der Waals surface area (Å²) in [7, 11) is 0. The lowest BCUT2D eigenvalue weighted by molar-refractivity contribution is 0.0615. The molecule has 1 aromatic carbocycles. The highest BCUT2D eigenvalue weighted by Gasteiger charge is 2.28. The van der Waals surface area contributed by atoms with E-state index in [1.165, 1.54) is 0 Å². The molecule has 0 aliphatic carbocycles. The molecule has 4 heteroatoms. The average Bonchev–Trinajstić information content (AvgIpc) is 2.29. The molecule has 0 unspecified atom stereocenters. The average molecular weight is 311 g/mol. The Balaban J connectivity index is 2.18. The molecular weight excluding hydrogens is 292 g/mol. The lowest BCUT2D eigenvalue weighted by Crippen LogP contribution is -2.59. The van der Waals surface area contributed by atoms with Gasteiger partial charge in [-0.3, -0.25) is 4.79 Å². The van der Waals surface area contributed by atoms with Crippen LogP contribution in [0.1, 0.15) is 29.3 Å². The van der Waals surface area contributed by atoms with E-state index in [0.717, 1.165) is 41.7 Å². The SMILES string of the molecule is CCCN(C(=O)c1ccc(C)c(Br)c1)C1CNC1. The molecule has 1 saturated heterocycles. The van der Waals surface area contributed by atoms with Crippen molar-refractivity contribution in [3.63, 3.8) is 0 Å². The monoisotopic (exact) mass is 310 g/mol. The van der Waals surface area contributed by atoms with Crippen molar-refractivity contribution in [3.8, 4) is 0 Å². The van der Waals surface area contributed by atoms with Crippen LogP contribution in [0.3, 0.4) is 0 Å². The smallest absolute Gasteiger partial charge is 0.254 e. The minimum Gasteiger partial charge on any atom is -0.333 e.